The molecular weight excluding hydrogens is 672 g/mol. The van der Waals surface area contributed by atoms with Crippen molar-refractivity contribution >= 4 is 56.5 Å². The topological polar surface area (TPSA) is 179 Å². The van der Waals surface area contributed by atoms with E-state index >= 15 is 0 Å². The van der Waals surface area contributed by atoms with E-state index in [4.69, 9.17) is 9.47 Å². The van der Waals surface area contributed by atoms with Gasteiger partial charge < -0.3 is 9.47 Å². The second kappa shape index (κ2) is 11.6. The summed E-state index contributed by atoms with van der Waals surface area (Å²) in [6, 6.07) is 23.6. The number of hydrogen-bond acceptors (Lipinski definition) is 10. The van der Waals surface area contributed by atoms with Gasteiger partial charge in [-0.3, -0.25) is 39.4 Å². The molecule has 254 valence electrons. The lowest BCUT2D eigenvalue weighted by Gasteiger charge is -2.37. The molecule has 6 aromatic carbocycles. The monoisotopic (exact) mass is 694 g/mol. The fourth-order valence-corrected chi connectivity index (χ4v) is 6.60. The van der Waals surface area contributed by atoms with E-state index in [2.05, 4.69) is 0 Å². The second-order valence-electron chi connectivity index (χ2n) is 12.2. The van der Waals surface area contributed by atoms with Crippen LogP contribution in [0.15, 0.2) is 97.1 Å². The number of aryl methyl sites for hydroxylation is 2. The van der Waals surface area contributed by atoms with Crippen molar-refractivity contribution in [2.45, 2.75) is 13.8 Å². The van der Waals surface area contributed by atoms with E-state index in [1.165, 1.54) is 72.8 Å². The molecular formula is C38H22N4O10. The first kappa shape index (κ1) is 31.8. The van der Waals surface area contributed by atoms with Crippen molar-refractivity contribution in [2.24, 2.45) is 0 Å². The number of rotatable bonds is 7. The van der Waals surface area contributed by atoms with Crippen LogP contribution in [-0.2, 0) is 0 Å². The minimum atomic E-state index is -0.953. The van der Waals surface area contributed by atoms with Crippen molar-refractivity contribution < 1.29 is 38.5 Å². The van der Waals surface area contributed by atoms with Crippen LogP contribution in [0.4, 0.5) is 11.4 Å². The van der Waals surface area contributed by atoms with Crippen LogP contribution in [0.1, 0.15) is 52.6 Å². The van der Waals surface area contributed by atoms with Crippen molar-refractivity contribution in [3.63, 3.8) is 0 Å². The summed E-state index contributed by atoms with van der Waals surface area (Å²) in [6.07, 6.45) is 0. The molecule has 0 radical (unpaired) electrons. The van der Waals surface area contributed by atoms with Gasteiger partial charge in [0.2, 0.25) is 11.5 Å². The Hall–Kier alpha value is -7.48. The first-order chi connectivity index (χ1) is 24.9. The minimum Gasteiger partial charge on any atom is -0.449 e. The summed E-state index contributed by atoms with van der Waals surface area (Å²) in [6.45, 7) is 3.40. The van der Waals surface area contributed by atoms with Crippen LogP contribution in [0.3, 0.4) is 0 Å². The van der Waals surface area contributed by atoms with E-state index in [1.54, 1.807) is 38.1 Å². The molecule has 8 rings (SSSR count). The molecule has 0 saturated heterocycles. The number of hydrogen-bond donors (Lipinski definition) is 0. The van der Waals surface area contributed by atoms with Gasteiger partial charge in [-0.1, -0.05) is 36.4 Å². The van der Waals surface area contributed by atoms with Gasteiger partial charge in [-0.2, -0.15) is 10.0 Å². The van der Waals surface area contributed by atoms with Gasteiger partial charge >= 0.3 is 11.4 Å². The summed E-state index contributed by atoms with van der Waals surface area (Å²) >= 11 is 0. The molecule has 0 fully saturated rings. The number of hydrazine groups is 1. The Bertz CT molecular complexity index is 2440. The summed E-state index contributed by atoms with van der Waals surface area (Å²) in [5, 5.41) is 25.5. The number of nitro benzene ring substituents is 2. The molecule has 0 bridgehead atoms. The number of carbonyl (C=O) groups is 4. The Morgan fingerprint density at radius 1 is 0.481 bits per heavy atom. The maximum absolute atomic E-state index is 14.1. The third-order valence-corrected chi connectivity index (χ3v) is 8.95. The summed E-state index contributed by atoms with van der Waals surface area (Å²) in [5.74, 6) is -3.63. The Morgan fingerprint density at radius 2 is 0.827 bits per heavy atom. The fourth-order valence-electron chi connectivity index (χ4n) is 6.60. The van der Waals surface area contributed by atoms with Crippen LogP contribution < -0.4 is 9.47 Å². The van der Waals surface area contributed by atoms with E-state index < -0.39 is 33.5 Å². The van der Waals surface area contributed by atoms with Gasteiger partial charge in [-0.05, 0) is 73.5 Å². The average molecular weight is 695 g/mol. The molecule has 4 amide bonds. The van der Waals surface area contributed by atoms with Crippen molar-refractivity contribution in [3.05, 3.63) is 151 Å². The number of amides is 4. The highest BCUT2D eigenvalue weighted by Crippen LogP contribution is 2.43. The predicted octanol–water partition coefficient (Wildman–Crippen LogP) is 7.82. The van der Waals surface area contributed by atoms with Crippen LogP contribution in [0, 0.1) is 34.1 Å². The highest BCUT2D eigenvalue weighted by atomic mass is 16.6. The quantitative estimate of drug-likeness (QED) is 0.0908. The van der Waals surface area contributed by atoms with E-state index in [0.717, 1.165) is 0 Å². The molecule has 2 heterocycles. The molecule has 0 unspecified atom stereocenters. The normalized spacial score (nSPS) is 13.6. The molecule has 2 aliphatic heterocycles. The van der Waals surface area contributed by atoms with Gasteiger partial charge in [0.15, 0.2) is 0 Å². The number of ether oxygens (including phenoxy) is 2. The van der Waals surface area contributed by atoms with Gasteiger partial charge in [0.25, 0.3) is 23.6 Å². The zero-order valence-corrected chi connectivity index (χ0v) is 27.1. The molecule has 0 spiro atoms. The number of imide groups is 2. The Labute approximate surface area is 292 Å². The van der Waals surface area contributed by atoms with Gasteiger partial charge in [0.1, 0.15) is 11.5 Å². The summed E-state index contributed by atoms with van der Waals surface area (Å²) in [7, 11) is 0. The third-order valence-electron chi connectivity index (χ3n) is 8.95. The fraction of sp³-hybridized carbons (Fsp3) is 0.0526. The Kier molecular flexibility index (Phi) is 7.06. The molecule has 0 aromatic heterocycles. The summed E-state index contributed by atoms with van der Waals surface area (Å²) in [4.78, 5) is 78.8. The molecule has 0 aliphatic carbocycles. The zero-order chi connectivity index (χ0) is 36.6. The highest BCUT2D eigenvalue weighted by Gasteiger charge is 2.46. The van der Waals surface area contributed by atoms with Crippen molar-refractivity contribution in [2.75, 3.05) is 0 Å². The second-order valence-corrected chi connectivity index (χ2v) is 12.2. The smallest absolute Gasteiger partial charge is 0.311 e. The molecule has 6 aromatic rings. The standard InChI is InChI=1S/C38H22N4O10/c1-19-9-13-31(27(17-19)41(47)48)51-29-15-11-25-33-21(29)5-3-7-23(33)35(43)39(37(25)45)40-36(44)24-8-4-6-22-30(16-12-26(34(22)24)38(40)46)52-32-14-10-20(2)18-28(32)42(49)50/h3-18H,1-2H3. The first-order valence-electron chi connectivity index (χ1n) is 15.7. The largest absolute Gasteiger partial charge is 0.449 e. The van der Waals surface area contributed by atoms with E-state index in [0.29, 0.717) is 31.9 Å². The van der Waals surface area contributed by atoms with Crippen LogP contribution >= 0.6 is 0 Å². The number of nitro groups is 2. The lowest BCUT2D eigenvalue weighted by Crippen LogP contribution is -2.58. The lowest BCUT2D eigenvalue weighted by atomic mass is 9.92. The molecule has 14 heteroatoms. The molecule has 0 atom stereocenters. The summed E-state index contributed by atoms with van der Waals surface area (Å²) in [5.41, 5.74) is 0.712. The maximum Gasteiger partial charge on any atom is 0.311 e. The van der Waals surface area contributed by atoms with E-state index in [9.17, 15) is 39.4 Å². The number of nitrogens with zero attached hydrogens (tertiary/aromatic N) is 4. The van der Waals surface area contributed by atoms with Crippen molar-refractivity contribution in [3.8, 4) is 23.0 Å². The maximum atomic E-state index is 14.1. The van der Waals surface area contributed by atoms with Crippen LogP contribution in [0.5, 0.6) is 23.0 Å². The Balaban J connectivity index is 1.18. The van der Waals surface area contributed by atoms with Crippen molar-refractivity contribution in [1.29, 1.82) is 0 Å². The first-order valence-corrected chi connectivity index (χ1v) is 15.7. The molecule has 0 saturated carbocycles. The van der Waals surface area contributed by atoms with Gasteiger partial charge in [-0.15, -0.1) is 0 Å². The number of benzene rings is 6. The highest BCUT2D eigenvalue weighted by molar-refractivity contribution is 6.31. The van der Waals surface area contributed by atoms with Crippen LogP contribution in [-0.4, -0.2) is 43.5 Å². The van der Waals surface area contributed by atoms with Crippen LogP contribution in [0.2, 0.25) is 0 Å². The van der Waals surface area contributed by atoms with Gasteiger partial charge in [0.05, 0.1) is 32.1 Å². The lowest BCUT2D eigenvalue weighted by molar-refractivity contribution is -0.385. The molecule has 52 heavy (non-hydrogen) atoms. The number of carbonyl (C=O) groups excluding carboxylic acids is 4. The SMILES string of the molecule is Cc1ccc(Oc2ccc3c4c(cccc24)C(=O)N(N2C(=O)c4cccc5c(Oc6ccc(C)cc6[N+](=O)[O-])ccc(c45)C2=O)C3=O)c([N+](=O)[O-])c1. The molecule has 2 aliphatic rings. The molecule has 14 nitrogen and oxygen atoms in total. The average Bonchev–Trinajstić information content (AvgIpc) is 3.12. The third kappa shape index (κ3) is 4.73. The van der Waals surface area contributed by atoms with Crippen molar-refractivity contribution in [1.82, 2.24) is 10.0 Å². The van der Waals surface area contributed by atoms with Gasteiger partial charge in [0, 0.05) is 33.7 Å². The van der Waals surface area contributed by atoms with Crippen LogP contribution in [0.25, 0.3) is 21.5 Å². The minimum absolute atomic E-state index is 0.0102. The van der Waals surface area contributed by atoms with E-state index in [1.807, 2.05) is 0 Å². The summed E-state index contributed by atoms with van der Waals surface area (Å²) < 4.78 is 11.9. The molecule has 0 N–H and O–H groups in total. The zero-order valence-electron chi connectivity index (χ0n) is 27.1. The van der Waals surface area contributed by atoms with E-state index in [-0.39, 0.29) is 67.4 Å². The van der Waals surface area contributed by atoms with Gasteiger partial charge in [-0.25, -0.2) is 0 Å². The predicted molar refractivity (Wildman–Crippen MR) is 185 cm³/mol. The Morgan fingerprint density at radius 3 is 1.19 bits per heavy atom.